The van der Waals surface area contributed by atoms with Gasteiger partial charge in [0.25, 0.3) is 0 Å². The van der Waals surface area contributed by atoms with Crippen LogP contribution in [0.2, 0.25) is 0 Å². The van der Waals surface area contributed by atoms with Crippen molar-refractivity contribution in [3.63, 3.8) is 0 Å². The van der Waals surface area contributed by atoms with E-state index in [4.69, 9.17) is 9.84 Å². The van der Waals surface area contributed by atoms with Gasteiger partial charge in [0.05, 0.1) is 11.7 Å². The number of hydrogen-bond acceptors (Lipinski definition) is 2. The van der Waals surface area contributed by atoms with E-state index in [1.807, 2.05) is 13.0 Å². The van der Waals surface area contributed by atoms with Gasteiger partial charge in [-0.3, -0.25) is 0 Å². The van der Waals surface area contributed by atoms with Crippen LogP contribution in [0.3, 0.4) is 0 Å². The summed E-state index contributed by atoms with van der Waals surface area (Å²) in [5.41, 5.74) is -0.00298. The molecule has 0 aromatic carbocycles. The van der Waals surface area contributed by atoms with Crippen LogP contribution in [0.15, 0.2) is 12.2 Å². The zero-order chi connectivity index (χ0) is 12.6. The Morgan fingerprint density at radius 1 is 1.31 bits per heavy atom. The molecule has 0 aromatic heterocycles. The Balaban J connectivity index is 3.76. The van der Waals surface area contributed by atoms with Crippen LogP contribution >= 0.6 is 0 Å². The van der Waals surface area contributed by atoms with E-state index in [1.54, 1.807) is 6.92 Å². The number of allylic oxidation sites excluding steroid dienone is 1. The molecule has 96 valence electrons. The van der Waals surface area contributed by atoms with Crippen molar-refractivity contribution in [1.82, 2.24) is 0 Å². The fourth-order valence-electron chi connectivity index (χ4n) is 1.68. The molecule has 0 aromatic rings. The largest absolute Gasteiger partial charge is 0.389 e. The highest BCUT2D eigenvalue weighted by Gasteiger charge is 2.18. The molecule has 0 fully saturated rings. The van der Waals surface area contributed by atoms with E-state index in [-0.39, 0.29) is 11.7 Å². The fourth-order valence-corrected chi connectivity index (χ4v) is 1.68. The Labute approximate surface area is 101 Å². The van der Waals surface area contributed by atoms with Crippen molar-refractivity contribution in [2.24, 2.45) is 5.92 Å². The molecule has 2 atom stereocenters. The van der Waals surface area contributed by atoms with Crippen molar-refractivity contribution < 1.29 is 9.84 Å². The number of hydrogen-bond donors (Lipinski definition) is 1. The average Bonchev–Trinajstić information content (AvgIpc) is 2.14. The van der Waals surface area contributed by atoms with Crippen LogP contribution in [-0.4, -0.2) is 23.4 Å². The predicted molar refractivity (Wildman–Crippen MR) is 69.5 cm³/mol. The normalized spacial score (nSPS) is 16.6. The van der Waals surface area contributed by atoms with Crippen molar-refractivity contribution in [2.45, 2.75) is 65.6 Å². The van der Waals surface area contributed by atoms with E-state index >= 15 is 0 Å². The van der Waals surface area contributed by atoms with E-state index < -0.39 is 0 Å². The van der Waals surface area contributed by atoms with E-state index in [1.165, 1.54) is 0 Å². The van der Waals surface area contributed by atoms with Gasteiger partial charge in [-0.2, -0.15) is 0 Å². The third kappa shape index (κ3) is 8.93. The van der Waals surface area contributed by atoms with E-state index in [0.29, 0.717) is 5.92 Å². The standard InChI is InChI=1S/C14H28O2/c1-6-16-14(4,5)11-10-12(2)8-7-9-13(3)15/h7,9,12-13,15H,6,8,10-11H2,1-5H3. The Hall–Kier alpha value is -0.340. The second kappa shape index (κ2) is 7.86. The first-order chi connectivity index (χ1) is 7.37. The maximum Gasteiger partial charge on any atom is 0.0692 e. The number of aliphatic hydroxyl groups is 1. The van der Waals surface area contributed by atoms with Crippen molar-refractivity contribution in [2.75, 3.05) is 6.61 Å². The maximum atomic E-state index is 9.09. The van der Waals surface area contributed by atoms with E-state index in [2.05, 4.69) is 26.8 Å². The highest BCUT2D eigenvalue weighted by molar-refractivity contribution is 4.87. The molecule has 1 N–H and O–H groups in total. The molecule has 0 spiro atoms. The second-order valence-corrected chi connectivity index (χ2v) is 5.24. The summed E-state index contributed by atoms with van der Waals surface area (Å²) in [6.45, 7) is 11.1. The summed E-state index contributed by atoms with van der Waals surface area (Å²) in [5, 5.41) is 9.09. The average molecular weight is 228 g/mol. The summed E-state index contributed by atoms with van der Waals surface area (Å²) < 4.78 is 5.66. The maximum absolute atomic E-state index is 9.09. The first-order valence-corrected chi connectivity index (χ1v) is 6.36. The molecule has 0 amide bonds. The fraction of sp³-hybridized carbons (Fsp3) is 0.857. The van der Waals surface area contributed by atoms with Gasteiger partial charge in [0.1, 0.15) is 0 Å². The summed E-state index contributed by atoms with van der Waals surface area (Å²) in [7, 11) is 0. The van der Waals surface area contributed by atoms with Crippen LogP contribution in [0.5, 0.6) is 0 Å². The third-order valence-electron chi connectivity index (χ3n) is 2.73. The lowest BCUT2D eigenvalue weighted by atomic mass is 9.93. The van der Waals surface area contributed by atoms with Gasteiger partial charge in [0.15, 0.2) is 0 Å². The molecule has 16 heavy (non-hydrogen) atoms. The van der Waals surface area contributed by atoms with Gasteiger partial charge in [-0.05, 0) is 52.9 Å². The molecule has 0 aliphatic carbocycles. The van der Waals surface area contributed by atoms with E-state index in [9.17, 15) is 0 Å². The van der Waals surface area contributed by atoms with Crippen molar-refractivity contribution in [3.8, 4) is 0 Å². The number of ether oxygens (including phenoxy) is 1. The molecule has 0 aliphatic heterocycles. The summed E-state index contributed by atoms with van der Waals surface area (Å²) in [4.78, 5) is 0. The lowest BCUT2D eigenvalue weighted by Crippen LogP contribution is -2.24. The first-order valence-electron chi connectivity index (χ1n) is 6.36. The predicted octanol–water partition coefficient (Wildman–Crippen LogP) is 3.54. The second-order valence-electron chi connectivity index (χ2n) is 5.24. The van der Waals surface area contributed by atoms with Gasteiger partial charge < -0.3 is 9.84 Å². The Kier molecular flexibility index (Phi) is 7.69. The molecule has 0 radical (unpaired) electrons. The van der Waals surface area contributed by atoms with E-state index in [0.717, 1.165) is 25.9 Å². The minimum Gasteiger partial charge on any atom is -0.389 e. The summed E-state index contributed by atoms with van der Waals surface area (Å²) in [5.74, 6) is 0.648. The molecule has 0 saturated carbocycles. The summed E-state index contributed by atoms with van der Waals surface area (Å²) in [6.07, 6.45) is 6.88. The minimum atomic E-state index is -0.327. The lowest BCUT2D eigenvalue weighted by molar-refractivity contribution is -0.0197. The molecular weight excluding hydrogens is 200 g/mol. The van der Waals surface area contributed by atoms with Crippen LogP contribution < -0.4 is 0 Å². The van der Waals surface area contributed by atoms with Gasteiger partial charge in [-0.1, -0.05) is 19.1 Å². The summed E-state index contributed by atoms with van der Waals surface area (Å²) >= 11 is 0. The molecule has 0 bridgehead atoms. The minimum absolute atomic E-state index is 0.00298. The Morgan fingerprint density at radius 2 is 1.94 bits per heavy atom. The summed E-state index contributed by atoms with van der Waals surface area (Å²) in [6, 6.07) is 0. The quantitative estimate of drug-likeness (QED) is 0.644. The van der Waals surface area contributed by atoms with Crippen LogP contribution in [0.4, 0.5) is 0 Å². The first kappa shape index (κ1) is 15.7. The number of rotatable bonds is 8. The van der Waals surface area contributed by atoms with Gasteiger partial charge >= 0.3 is 0 Å². The molecule has 0 rings (SSSR count). The number of aliphatic hydroxyl groups excluding tert-OH is 1. The monoisotopic (exact) mass is 228 g/mol. The Bertz CT molecular complexity index is 195. The van der Waals surface area contributed by atoms with Crippen LogP contribution in [0.25, 0.3) is 0 Å². The topological polar surface area (TPSA) is 29.5 Å². The zero-order valence-electron chi connectivity index (χ0n) is 11.5. The van der Waals surface area contributed by atoms with Gasteiger partial charge in [-0.25, -0.2) is 0 Å². The highest BCUT2D eigenvalue weighted by Crippen LogP contribution is 2.21. The zero-order valence-corrected chi connectivity index (χ0v) is 11.5. The molecular formula is C14H28O2. The smallest absolute Gasteiger partial charge is 0.0692 e. The van der Waals surface area contributed by atoms with Crippen LogP contribution in [0, 0.1) is 5.92 Å². The van der Waals surface area contributed by atoms with Crippen LogP contribution in [0.1, 0.15) is 53.9 Å². The van der Waals surface area contributed by atoms with Crippen molar-refractivity contribution in [1.29, 1.82) is 0 Å². The molecule has 0 saturated heterocycles. The Morgan fingerprint density at radius 3 is 2.44 bits per heavy atom. The molecule has 2 heteroatoms. The highest BCUT2D eigenvalue weighted by atomic mass is 16.5. The van der Waals surface area contributed by atoms with Gasteiger partial charge in [0, 0.05) is 6.61 Å². The van der Waals surface area contributed by atoms with Gasteiger partial charge in [0.2, 0.25) is 0 Å². The lowest BCUT2D eigenvalue weighted by Gasteiger charge is -2.25. The molecule has 2 nitrogen and oxygen atoms in total. The molecule has 0 heterocycles. The SMILES string of the molecule is CCOC(C)(C)CCC(C)CC=CC(C)O. The third-order valence-corrected chi connectivity index (χ3v) is 2.73. The van der Waals surface area contributed by atoms with Crippen molar-refractivity contribution in [3.05, 3.63) is 12.2 Å². The van der Waals surface area contributed by atoms with Crippen molar-refractivity contribution >= 4 is 0 Å². The van der Waals surface area contributed by atoms with Crippen LogP contribution in [-0.2, 0) is 4.74 Å². The molecule has 0 aliphatic rings. The van der Waals surface area contributed by atoms with Gasteiger partial charge in [-0.15, -0.1) is 0 Å². The molecule has 2 unspecified atom stereocenters.